The first kappa shape index (κ1) is 9.26. The number of hydrogen-bond donors (Lipinski definition) is 0. The Morgan fingerprint density at radius 1 is 1.58 bits per heavy atom. The largest absolute Gasteiger partial charge is 0.451 e. The summed E-state index contributed by atoms with van der Waals surface area (Å²) in [5, 5.41) is 0. The number of carbonyl (C=O) groups is 1. The van der Waals surface area contributed by atoms with Crippen LogP contribution >= 0.6 is 0 Å². The van der Waals surface area contributed by atoms with E-state index in [0.29, 0.717) is 18.8 Å². The monoisotopic (exact) mass is 170 g/mol. The molecule has 3 heteroatoms. The highest BCUT2D eigenvalue weighted by molar-refractivity contribution is 5.88. The number of carbonyl (C=O) groups excluding carboxylic acids is 1. The predicted octanol–water partition coefficient (Wildman–Crippen LogP) is 1.28. The van der Waals surface area contributed by atoms with Crippen molar-refractivity contribution < 1.29 is 14.3 Å². The zero-order chi connectivity index (χ0) is 9.19. The summed E-state index contributed by atoms with van der Waals surface area (Å²) < 4.78 is 10.1. The summed E-state index contributed by atoms with van der Waals surface area (Å²) in [4.78, 5) is 11.2. The first-order chi connectivity index (χ1) is 5.57. The van der Waals surface area contributed by atoms with E-state index in [9.17, 15) is 4.79 Å². The minimum Gasteiger partial charge on any atom is -0.451 e. The summed E-state index contributed by atoms with van der Waals surface area (Å²) in [5.74, 6) is -0.247. The van der Waals surface area contributed by atoms with Crippen LogP contribution in [0.25, 0.3) is 0 Å². The highest BCUT2D eigenvalue weighted by Crippen LogP contribution is 2.21. The fourth-order valence-electron chi connectivity index (χ4n) is 0.871. The van der Waals surface area contributed by atoms with Gasteiger partial charge < -0.3 is 9.47 Å². The number of allylic oxidation sites excluding steroid dienone is 1. The van der Waals surface area contributed by atoms with E-state index in [2.05, 4.69) is 0 Å². The molecule has 68 valence electrons. The maximum Gasteiger partial charge on any atom is 0.334 e. The van der Waals surface area contributed by atoms with Crippen LogP contribution in [0.3, 0.4) is 0 Å². The van der Waals surface area contributed by atoms with E-state index in [4.69, 9.17) is 9.47 Å². The van der Waals surface area contributed by atoms with Gasteiger partial charge in [0.15, 0.2) is 5.60 Å². The van der Waals surface area contributed by atoms with Crippen molar-refractivity contribution in [2.75, 3.05) is 13.2 Å². The van der Waals surface area contributed by atoms with Crippen molar-refractivity contribution in [3.05, 3.63) is 11.6 Å². The van der Waals surface area contributed by atoms with Crippen molar-refractivity contribution in [1.82, 2.24) is 0 Å². The van der Waals surface area contributed by atoms with Gasteiger partial charge in [-0.25, -0.2) is 4.79 Å². The maximum atomic E-state index is 11.2. The summed E-state index contributed by atoms with van der Waals surface area (Å²) in [6.07, 6.45) is 1.74. The minimum absolute atomic E-state index is 0.247. The van der Waals surface area contributed by atoms with Crippen molar-refractivity contribution in [1.29, 1.82) is 0 Å². The van der Waals surface area contributed by atoms with E-state index in [1.165, 1.54) is 0 Å². The van der Waals surface area contributed by atoms with Crippen LogP contribution in [0.1, 0.15) is 20.8 Å². The van der Waals surface area contributed by atoms with Gasteiger partial charge >= 0.3 is 5.97 Å². The van der Waals surface area contributed by atoms with Crippen LogP contribution in [-0.2, 0) is 14.3 Å². The molecule has 0 aromatic rings. The first-order valence-corrected chi connectivity index (χ1v) is 4.01. The van der Waals surface area contributed by atoms with Crippen LogP contribution < -0.4 is 0 Å². The van der Waals surface area contributed by atoms with E-state index in [1.807, 2.05) is 13.8 Å². The summed E-state index contributed by atoms with van der Waals surface area (Å²) in [7, 11) is 0. The number of hydrogen-bond acceptors (Lipinski definition) is 3. The van der Waals surface area contributed by atoms with Crippen LogP contribution in [0.5, 0.6) is 0 Å². The van der Waals surface area contributed by atoms with Gasteiger partial charge in [-0.05, 0) is 20.8 Å². The molecule has 1 aliphatic rings. The molecule has 3 nitrogen and oxygen atoms in total. The van der Waals surface area contributed by atoms with Gasteiger partial charge in [-0.2, -0.15) is 0 Å². The number of esters is 1. The SMILES string of the molecule is C/C=C(\C)C(=O)OC1(C)COC1. The average Bonchev–Trinajstić information content (AvgIpc) is 2.00. The van der Waals surface area contributed by atoms with E-state index in [1.54, 1.807) is 13.0 Å². The molecule has 0 amide bonds. The van der Waals surface area contributed by atoms with Crippen molar-refractivity contribution in [3.63, 3.8) is 0 Å². The van der Waals surface area contributed by atoms with Crippen LogP contribution in [0.2, 0.25) is 0 Å². The molecule has 12 heavy (non-hydrogen) atoms. The third-order valence-corrected chi connectivity index (χ3v) is 1.91. The van der Waals surface area contributed by atoms with Crippen molar-refractivity contribution in [2.24, 2.45) is 0 Å². The standard InChI is InChI=1S/C9H14O3/c1-4-7(2)8(10)12-9(3)5-11-6-9/h4H,5-6H2,1-3H3/b7-4+. The molecule has 1 saturated heterocycles. The quantitative estimate of drug-likeness (QED) is 0.462. The lowest BCUT2D eigenvalue weighted by Crippen LogP contribution is -2.50. The molecule has 0 radical (unpaired) electrons. The zero-order valence-electron chi connectivity index (χ0n) is 7.72. The van der Waals surface area contributed by atoms with Gasteiger partial charge in [-0.1, -0.05) is 6.08 Å². The molecular formula is C9H14O3. The Hall–Kier alpha value is -0.830. The summed E-state index contributed by atoms with van der Waals surface area (Å²) >= 11 is 0. The molecule has 0 atom stereocenters. The van der Waals surface area contributed by atoms with Crippen LogP contribution in [-0.4, -0.2) is 24.8 Å². The maximum absolute atomic E-state index is 11.2. The predicted molar refractivity (Wildman–Crippen MR) is 44.7 cm³/mol. The number of ether oxygens (including phenoxy) is 2. The third kappa shape index (κ3) is 1.85. The average molecular weight is 170 g/mol. The Labute approximate surface area is 72.4 Å². The summed E-state index contributed by atoms with van der Waals surface area (Å²) in [5.41, 5.74) is 0.254. The second-order valence-electron chi connectivity index (χ2n) is 3.30. The molecule has 1 rings (SSSR count). The zero-order valence-corrected chi connectivity index (χ0v) is 7.72. The van der Waals surface area contributed by atoms with Gasteiger partial charge in [0.05, 0.1) is 13.2 Å². The lowest BCUT2D eigenvalue weighted by atomic mass is 10.1. The Morgan fingerprint density at radius 2 is 2.17 bits per heavy atom. The molecule has 0 N–H and O–H groups in total. The molecule has 0 saturated carbocycles. The normalized spacial score (nSPS) is 21.4. The van der Waals surface area contributed by atoms with E-state index in [0.717, 1.165) is 0 Å². The smallest absolute Gasteiger partial charge is 0.334 e. The molecule has 1 aliphatic heterocycles. The van der Waals surface area contributed by atoms with E-state index in [-0.39, 0.29) is 11.6 Å². The highest BCUT2D eigenvalue weighted by Gasteiger charge is 2.37. The Kier molecular flexibility index (Phi) is 2.52. The molecule has 1 fully saturated rings. The molecule has 0 aromatic heterocycles. The molecular weight excluding hydrogens is 156 g/mol. The molecule has 0 unspecified atom stereocenters. The summed E-state index contributed by atoms with van der Waals surface area (Å²) in [6.45, 7) is 6.45. The van der Waals surface area contributed by atoms with E-state index >= 15 is 0 Å². The second kappa shape index (κ2) is 3.27. The molecule has 0 spiro atoms. The fourth-order valence-corrected chi connectivity index (χ4v) is 0.871. The van der Waals surface area contributed by atoms with Gasteiger partial charge in [-0.15, -0.1) is 0 Å². The molecule has 1 heterocycles. The Bertz CT molecular complexity index is 214. The van der Waals surface area contributed by atoms with Gasteiger partial charge in [0.2, 0.25) is 0 Å². The first-order valence-electron chi connectivity index (χ1n) is 4.01. The van der Waals surface area contributed by atoms with Gasteiger partial charge in [-0.3, -0.25) is 0 Å². The van der Waals surface area contributed by atoms with Gasteiger partial charge in [0.25, 0.3) is 0 Å². The van der Waals surface area contributed by atoms with Crippen LogP contribution in [0, 0.1) is 0 Å². The summed E-state index contributed by atoms with van der Waals surface area (Å²) in [6, 6.07) is 0. The second-order valence-corrected chi connectivity index (χ2v) is 3.30. The Balaban J connectivity index is 2.46. The van der Waals surface area contributed by atoms with Crippen LogP contribution in [0.4, 0.5) is 0 Å². The topological polar surface area (TPSA) is 35.5 Å². The molecule has 0 bridgehead atoms. The van der Waals surface area contributed by atoms with Crippen LogP contribution in [0.15, 0.2) is 11.6 Å². The third-order valence-electron chi connectivity index (χ3n) is 1.91. The van der Waals surface area contributed by atoms with Crippen molar-refractivity contribution >= 4 is 5.97 Å². The fraction of sp³-hybridized carbons (Fsp3) is 0.667. The van der Waals surface area contributed by atoms with Gasteiger partial charge in [0, 0.05) is 5.57 Å². The van der Waals surface area contributed by atoms with Gasteiger partial charge in [0.1, 0.15) is 0 Å². The molecule has 0 aliphatic carbocycles. The lowest BCUT2D eigenvalue weighted by Gasteiger charge is -2.37. The molecule has 0 aromatic carbocycles. The highest BCUT2D eigenvalue weighted by atomic mass is 16.6. The van der Waals surface area contributed by atoms with Crippen molar-refractivity contribution in [3.8, 4) is 0 Å². The van der Waals surface area contributed by atoms with E-state index < -0.39 is 0 Å². The Morgan fingerprint density at radius 3 is 2.50 bits per heavy atom. The number of rotatable bonds is 2. The lowest BCUT2D eigenvalue weighted by molar-refractivity contribution is -0.202. The minimum atomic E-state index is -0.388. The van der Waals surface area contributed by atoms with Crippen molar-refractivity contribution in [2.45, 2.75) is 26.4 Å².